The van der Waals surface area contributed by atoms with Crippen molar-refractivity contribution in [3.05, 3.63) is 28.8 Å². The molecule has 0 amide bonds. The van der Waals surface area contributed by atoms with E-state index in [0.717, 1.165) is 24.5 Å². The molecular weight excluding hydrogens is 270 g/mol. The SMILES string of the molecule is CC1CN(c2cccc(Cl)c2/C(N)=N/O)CCS1. The fourth-order valence-electron chi connectivity index (χ4n) is 2.12. The third-order valence-electron chi connectivity index (χ3n) is 2.94. The van der Waals surface area contributed by atoms with Gasteiger partial charge in [-0.15, -0.1) is 0 Å². The first-order valence-corrected chi connectivity index (χ1v) is 7.19. The van der Waals surface area contributed by atoms with Gasteiger partial charge in [-0.05, 0) is 12.1 Å². The molecule has 1 heterocycles. The number of amidine groups is 1. The van der Waals surface area contributed by atoms with Crippen LogP contribution in [-0.2, 0) is 0 Å². The highest BCUT2D eigenvalue weighted by Crippen LogP contribution is 2.30. The number of nitrogens with zero attached hydrogens (tertiary/aromatic N) is 2. The first kappa shape index (κ1) is 13.4. The van der Waals surface area contributed by atoms with E-state index < -0.39 is 0 Å². The van der Waals surface area contributed by atoms with Crippen LogP contribution in [-0.4, -0.2) is 35.1 Å². The molecule has 18 heavy (non-hydrogen) atoms. The molecule has 6 heteroatoms. The molecule has 1 aliphatic heterocycles. The van der Waals surface area contributed by atoms with E-state index >= 15 is 0 Å². The van der Waals surface area contributed by atoms with Crippen LogP contribution >= 0.6 is 23.4 Å². The van der Waals surface area contributed by atoms with E-state index in [2.05, 4.69) is 17.0 Å². The highest BCUT2D eigenvalue weighted by Gasteiger charge is 2.21. The van der Waals surface area contributed by atoms with Crippen LogP contribution in [0.15, 0.2) is 23.4 Å². The van der Waals surface area contributed by atoms with Crippen molar-refractivity contribution in [2.75, 3.05) is 23.7 Å². The maximum atomic E-state index is 8.87. The molecule has 0 spiro atoms. The summed E-state index contributed by atoms with van der Waals surface area (Å²) in [6, 6.07) is 5.60. The molecular formula is C12H16ClN3OS. The Morgan fingerprint density at radius 1 is 1.61 bits per heavy atom. The second-order valence-electron chi connectivity index (χ2n) is 4.25. The topological polar surface area (TPSA) is 61.8 Å². The third kappa shape index (κ3) is 2.67. The fraction of sp³-hybridized carbons (Fsp3) is 0.417. The molecule has 0 radical (unpaired) electrons. The Morgan fingerprint density at radius 2 is 2.39 bits per heavy atom. The summed E-state index contributed by atoms with van der Waals surface area (Å²) in [4.78, 5) is 2.24. The maximum absolute atomic E-state index is 8.87. The lowest BCUT2D eigenvalue weighted by Crippen LogP contribution is -2.38. The van der Waals surface area contributed by atoms with Crippen molar-refractivity contribution in [3.63, 3.8) is 0 Å². The average molecular weight is 286 g/mol. The van der Waals surface area contributed by atoms with E-state index in [9.17, 15) is 0 Å². The van der Waals surface area contributed by atoms with Crippen molar-refractivity contribution in [3.8, 4) is 0 Å². The summed E-state index contributed by atoms with van der Waals surface area (Å²) < 4.78 is 0. The molecule has 1 fully saturated rings. The summed E-state index contributed by atoms with van der Waals surface area (Å²) in [5.41, 5.74) is 7.27. The molecule has 0 bridgehead atoms. The fourth-order valence-corrected chi connectivity index (χ4v) is 3.40. The van der Waals surface area contributed by atoms with Gasteiger partial charge in [0.2, 0.25) is 0 Å². The van der Waals surface area contributed by atoms with Crippen LogP contribution in [0.1, 0.15) is 12.5 Å². The molecule has 1 aliphatic rings. The monoisotopic (exact) mass is 285 g/mol. The molecule has 1 saturated heterocycles. The van der Waals surface area contributed by atoms with Crippen LogP contribution in [0, 0.1) is 0 Å². The molecule has 0 aromatic heterocycles. The molecule has 1 atom stereocenters. The molecule has 98 valence electrons. The number of thioether (sulfide) groups is 1. The van der Waals surface area contributed by atoms with Gasteiger partial charge in [-0.1, -0.05) is 29.7 Å². The highest BCUT2D eigenvalue weighted by molar-refractivity contribution is 8.00. The predicted molar refractivity (Wildman–Crippen MR) is 78.1 cm³/mol. The first-order valence-electron chi connectivity index (χ1n) is 5.76. The Balaban J connectivity index is 2.40. The van der Waals surface area contributed by atoms with Crippen LogP contribution in [0.2, 0.25) is 5.02 Å². The standard InChI is InChI=1S/C12H16ClN3OS/c1-8-7-16(5-6-18-8)10-4-2-3-9(13)11(10)12(14)15-17/h2-4,8,17H,5-7H2,1H3,(H2,14,15). The summed E-state index contributed by atoms with van der Waals surface area (Å²) in [5.74, 6) is 1.13. The Kier molecular flexibility index (Phi) is 4.24. The van der Waals surface area contributed by atoms with E-state index in [1.54, 1.807) is 6.07 Å². The highest BCUT2D eigenvalue weighted by atomic mass is 35.5. The summed E-state index contributed by atoms with van der Waals surface area (Å²) in [7, 11) is 0. The molecule has 1 unspecified atom stereocenters. The van der Waals surface area contributed by atoms with Crippen molar-refractivity contribution < 1.29 is 5.21 Å². The van der Waals surface area contributed by atoms with Crippen LogP contribution in [0.3, 0.4) is 0 Å². The lowest BCUT2D eigenvalue weighted by molar-refractivity contribution is 0.318. The zero-order valence-electron chi connectivity index (χ0n) is 10.1. The number of nitrogens with two attached hydrogens (primary N) is 1. The smallest absolute Gasteiger partial charge is 0.173 e. The Bertz CT molecular complexity index is 467. The van der Waals surface area contributed by atoms with Gasteiger partial charge in [0.25, 0.3) is 0 Å². The zero-order chi connectivity index (χ0) is 13.1. The van der Waals surface area contributed by atoms with Crippen molar-refractivity contribution in [1.82, 2.24) is 0 Å². The molecule has 0 aliphatic carbocycles. The second-order valence-corrected chi connectivity index (χ2v) is 6.20. The van der Waals surface area contributed by atoms with Gasteiger partial charge in [0, 0.05) is 29.8 Å². The molecule has 4 nitrogen and oxygen atoms in total. The normalized spacial score (nSPS) is 21.1. The number of benzene rings is 1. The summed E-state index contributed by atoms with van der Waals surface area (Å²) >= 11 is 8.11. The van der Waals surface area contributed by atoms with E-state index in [0.29, 0.717) is 15.8 Å². The number of anilines is 1. The van der Waals surface area contributed by atoms with Crippen LogP contribution in [0.5, 0.6) is 0 Å². The summed E-state index contributed by atoms with van der Waals surface area (Å²) in [6.45, 7) is 4.09. The molecule has 2 rings (SSSR count). The zero-order valence-corrected chi connectivity index (χ0v) is 11.7. The Hall–Kier alpha value is -1.07. The van der Waals surface area contributed by atoms with Gasteiger partial charge < -0.3 is 15.8 Å². The van der Waals surface area contributed by atoms with Crippen LogP contribution in [0.25, 0.3) is 0 Å². The van der Waals surface area contributed by atoms with Crippen LogP contribution < -0.4 is 10.6 Å². The summed E-state index contributed by atoms with van der Waals surface area (Å²) in [6.07, 6.45) is 0. The third-order valence-corrected chi connectivity index (χ3v) is 4.39. The van der Waals surface area contributed by atoms with Crippen LogP contribution in [0.4, 0.5) is 5.69 Å². The van der Waals surface area contributed by atoms with E-state index in [1.165, 1.54) is 0 Å². The first-order chi connectivity index (χ1) is 8.63. The molecule has 0 saturated carbocycles. The minimum absolute atomic E-state index is 0.0569. The minimum atomic E-state index is 0.0569. The van der Waals surface area contributed by atoms with E-state index in [1.807, 2.05) is 23.9 Å². The lowest BCUT2D eigenvalue weighted by Gasteiger charge is -2.33. The van der Waals surface area contributed by atoms with Gasteiger partial charge in [-0.25, -0.2) is 0 Å². The van der Waals surface area contributed by atoms with E-state index in [-0.39, 0.29) is 5.84 Å². The van der Waals surface area contributed by atoms with Crippen molar-refractivity contribution in [1.29, 1.82) is 0 Å². The van der Waals surface area contributed by atoms with Crippen molar-refractivity contribution in [2.45, 2.75) is 12.2 Å². The second kappa shape index (κ2) is 5.71. The number of hydrogen-bond donors (Lipinski definition) is 2. The predicted octanol–water partition coefficient (Wildman–Crippen LogP) is 2.38. The van der Waals surface area contributed by atoms with Gasteiger partial charge in [-0.2, -0.15) is 11.8 Å². The van der Waals surface area contributed by atoms with Gasteiger partial charge in [0.1, 0.15) is 0 Å². The Morgan fingerprint density at radius 3 is 3.06 bits per heavy atom. The van der Waals surface area contributed by atoms with Crippen molar-refractivity contribution >= 4 is 34.9 Å². The van der Waals surface area contributed by atoms with Gasteiger partial charge in [0.05, 0.1) is 10.6 Å². The minimum Gasteiger partial charge on any atom is -0.409 e. The number of oxime groups is 1. The quantitative estimate of drug-likeness (QED) is 0.379. The molecule has 1 aromatic rings. The number of hydrogen-bond acceptors (Lipinski definition) is 4. The molecule has 1 aromatic carbocycles. The van der Waals surface area contributed by atoms with E-state index in [4.69, 9.17) is 22.5 Å². The van der Waals surface area contributed by atoms with Gasteiger partial charge in [-0.3, -0.25) is 0 Å². The van der Waals surface area contributed by atoms with Crippen molar-refractivity contribution in [2.24, 2.45) is 10.9 Å². The maximum Gasteiger partial charge on any atom is 0.173 e. The number of rotatable bonds is 2. The average Bonchev–Trinajstić information content (AvgIpc) is 2.37. The Labute approximate surface area is 116 Å². The summed E-state index contributed by atoms with van der Waals surface area (Å²) in [5, 5.41) is 13.0. The number of halogens is 1. The van der Waals surface area contributed by atoms with Gasteiger partial charge >= 0.3 is 0 Å². The van der Waals surface area contributed by atoms with Gasteiger partial charge in [0.15, 0.2) is 5.84 Å². The molecule has 3 N–H and O–H groups in total. The largest absolute Gasteiger partial charge is 0.409 e. The lowest BCUT2D eigenvalue weighted by atomic mass is 10.1.